The highest BCUT2D eigenvalue weighted by Gasteiger charge is 2.19. The molecular weight excluding hydrogens is 233 g/mol. The Kier molecular flexibility index (Phi) is 3.02. The van der Waals surface area contributed by atoms with Crippen molar-refractivity contribution in [2.24, 2.45) is 0 Å². The summed E-state index contributed by atoms with van der Waals surface area (Å²) in [5.41, 5.74) is 1.74. The third-order valence-electron chi connectivity index (χ3n) is 3.25. The molecular formula is C12H14FN5. The maximum atomic E-state index is 12.8. The van der Waals surface area contributed by atoms with Gasteiger partial charge in [-0.25, -0.2) is 9.67 Å². The lowest BCUT2D eigenvalue weighted by Crippen LogP contribution is -2.30. The Balaban J connectivity index is 1.93. The third kappa shape index (κ3) is 2.11. The summed E-state index contributed by atoms with van der Waals surface area (Å²) in [7, 11) is 0. The van der Waals surface area contributed by atoms with E-state index in [1.165, 1.54) is 12.3 Å². The Morgan fingerprint density at radius 1 is 1.22 bits per heavy atom. The standard InChI is InChI=1S/C12H14FN5/c13-12-2-1-9(7-15-12)11-8-16-17-18(11)10-3-5-14-6-4-10/h1-2,7-8,10,14H,3-6H2. The van der Waals surface area contributed by atoms with Crippen LogP contribution in [0.4, 0.5) is 4.39 Å². The van der Waals surface area contributed by atoms with Gasteiger partial charge >= 0.3 is 0 Å². The molecule has 0 aromatic carbocycles. The van der Waals surface area contributed by atoms with Gasteiger partial charge in [0, 0.05) is 11.8 Å². The molecule has 18 heavy (non-hydrogen) atoms. The first-order chi connectivity index (χ1) is 8.84. The molecule has 0 bridgehead atoms. The summed E-state index contributed by atoms with van der Waals surface area (Å²) in [6.07, 6.45) is 5.29. The Bertz CT molecular complexity index is 516. The molecule has 0 saturated carbocycles. The van der Waals surface area contributed by atoms with Crippen molar-refractivity contribution in [2.45, 2.75) is 18.9 Å². The van der Waals surface area contributed by atoms with Gasteiger partial charge in [-0.2, -0.15) is 4.39 Å². The third-order valence-corrected chi connectivity index (χ3v) is 3.25. The number of hydrogen-bond donors (Lipinski definition) is 1. The van der Waals surface area contributed by atoms with Crippen LogP contribution in [0.1, 0.15) is 18.9 Å². The van der Waals surface area contributed by atoms with Crippen molar-refractivity contribution in [3.05, 3.63) is 30.5 Å². The van der Waals surface area contributed by atoms with Crippen LogP contribution in [0.5, 0.6) is 0 Å². The fourth-order valence-electron chi connectivity index (χ4n) is 2.30. The molecule has 1 aliphatic heterocycles. The summed E-state index contributed by atoms with van der Waals surface area (Å²) in [5.74, 6) is -0.473. The number of pyridine rings is 1. The molecule has 0 radical (unpaired) electrons. The maximum Gasteiger partial charge on any atom is 0.212 e. The molecule has 1 aliphatic rings. The van der Waals surface area contributed by atoms with E-state index in [1.807, 2.05) is 4.68 Å². The molecule has 0 unspecified atom stereocenters. The van der Waals surface area contributed by atoms with E-state index in [-0.39, 0.29) is 0 Å². The van der Waals surface area contributed by atoms with Crippen molar-refractivity contribution < 1.29 is 4.39 Å². The summed E-state index contributed by atoms with van der Waals surface area (Å²) in [6.45, 7) is 1.98. The molecule has 3 rings (SSSR count). The molecule has 94 valence electrons. The van der Waals surface area contributed by atoms with Crippen molar-refractivity contribution in [2.75, 3.05) is 13.1 Å². The van der Waals surface area contributed by atoms with Crippen molar-refractivity contribution >= 4 is 0 Å². The van der Waals surface area contributed by atoms with Gasteiger partial charge in [0.25, 0.3) is 0 Å². The van der Waals surface area contributed by atoms with Crippen LogP contribution < -0.4 is 5.32 Å². The van der Waals surface area contributed by atoms with E-state index in [9.17, 15) is 4.39 Å². The van der Waals surface area contributed by atoms with Crippen molar-refractivity contribution in [1.29, 1.82) is 0 Å². The molecule has 0 aliphatic carbocycles. The van der Waals surface area contributed by atoms with Crippen LogP contribution in [-0.4, -0.2) is 33.1 Å². The predicted octanol–water partition coefficient (Wildman–Crippen LogP) is 1.40. The van der Waals surface area contributed by atoms with Gasteiger partial charge in [0.1, 0.15) is 0 Å². The van der Waals surface area contributed by atoms with E-state index < -0.39 is 5.95 Å². The number of nitrogens with one attached hydrogen (secondary N) is 1. The van der Waals surface area contributed by atoms with Crippen LogP contribution in [0, 0.1) is 5.95 Å². The molecule has 6 heteroatoms. The summed E-state index contributed by atoms with van der Waals surface area (Å²) in [6, 6.07) is 3.42. The zero-order valence-electron chi connectivity index (χ0n) is 9.88. The zero-order valence-corrected chi connectivity index (χ0v) is 9.88. The molecule has 0 atom stereocenters. The van der Waals surface area contributed by atoms with Crippen molar-refractivity contribution in [1.82, 2.24) is 25.3 Å². The first-order valence-electron chi connectivity index (χ1n) is 6.07. The minimum atomic E-state index is -0.473. The molecule has 1 N–H and O–H groups in total. The smallest absolute Gasteiger partial charge is 0.212 e. The number of halogens is 1. The van der Waals surface area contributed by atoms with E-state index in [0.29, 0.717) is 6.04 Å². The number of piperidine rings is 1. The van der Waals surface area contributed by atoms with Gasteiger partial charge in [-0.05, 0) is 38.1 Å². The molecule has 5 nitrogen and oxygen atoms in total. The van der Waals surface area contributed by atoms with Gasteiger partial charge in [-0.3, -0.25) is 0 Å². The number of hydrogen-bond acceptors (Lipinski definition) is 4. The quantitative estimate of drug-likeness (QED) is 0.815. The average Bonchev–Trinajstić information content (AvgIpc) is 2.90. The summed E-state index contributed by atoms with van der Waals surface area (Å²) >= 11 is 0. The Morgan fingerprint density at radius 2 is 2.06 bits per heavy atom. The monoisotopic (exact) mass is 247 g/mol. The van der Waals surface area contributed by atoms with E-state index in [4.69, 9.17) is 0 Å². The van der Waals surface area contributed by atoms with Gasteiger partial charge in [0.2, 0.25) is 5.95 Å². The van der Waals surface area contributed by atoms with Crippen LogP contribution >= 0.6 is 0 Å². The second kappa shape index (κ2) is 4.81. The topological polar surface area (TPSA) is 55.6 Å². The number of rotatable bonds is 2. The van der Waals surface area contributed by atoms with Crippen LogP contribution in [0.2, 0.25) is 0 Å². The minimum absolute atomic E-state index is 0.355. The van der Waals surface area contributed by atoms with Crippen molar-refractivity contribution in [3.63, 3.8) is 0 Å². The number of nitrogens with zero attached hydrogens (tertiary/aromatic N) is 4. The minimum Gasteiger partial charge on any atom is -0.317 e. The van der Waals surface area contributed by atoms with E-state index in [1.54, 1.807) is 12.3 Å². The highest BCUT2D eigenvalue weighted by Crippen LogP contribution is 2.25. The summed E-state index contributed by atoms with van der Waals surface area (Å²) in [4.78, 5) is 3.67. The largest absolute Gasteiger partial charge is 0.317 e. The maximum absolute atomic E-state index is 12.8. The van der Waals surface area contributed by atoms with Gasteiger partial charge in [0.15, 0.2) is 0 Å². The first kappa shape index (κ1) is 11.3. The Hall–Kier alpha value is -1.82. The summed E-state index contributed by atoms with van der Waals surface area (Å²) in [5, 5.41) is 11.4. The molecule has 3 heterocycles. The zero-order chi connectivity index (χ0) is 12.4. The second-order valence-electron chi connectivity index (χ2n) is 4.41. The molecule has 0 spiro atoms. The average molecular weight is 247 g/mol. The number of aromatic nitrogens is 4. The highest BCUT2D eigenvalue weighted by atomic mass is 19.1. The van der Waals surface area contributed by atoms with E-state index in [0.717, 1.165) is 37.2 Å². The molecule has 1 saturated heterocycles. The normalized spacial score (nSPS) is 16.9. The first-order valence-corrected chi connectivity index (χ1v) is 6.07. The van der Waals surface area contributed by atoms with Gasteiger partial charge in [0.05, 0.1) is 17.9 Å². The lowest BCUT2D eigenvalue weighted by molar-refractivity contribution is 0.340. The van der Waals surface area contributed by atoms with Crippen LogP contribution in [-0.2, 0) is 0 Å². The highest BCUT2D eigenvalue weighted by molar-refractivity contribution is 5.56. The fourth-order valence-corrected chi connectivity index (χ4v) is 2.30. The molecule has 2 aromatic rings. The predicted molar refractivity (Wildman–Crippen MR) is 64.4 cm³/mol. The van der Waals surface area contributed by atoms with Crippen molar-refractivity contribution in [3.8, 4) is 11.3 Å². The lowest BCUT2D eigenvalue weighted by atomic mass is 10.1. The summed E-state index contributed by atoms with van der Waals surface area (Å²) < 4.78 is 14.8. The van der Waals surface area contributed by atoms with Gasteiger partial charge in [-0.1, -0.05) is 5.21 Å². The van der Waals surface area contributed by atoms with Gasteiger partial charge < -0.3 is 5.32 Å². The van der Waals surface area contributed by atoms with Crippen LogP contribution in [0.3, 0.4) is 0 Å². The van der Waals surface area contributed by atoms with Gasteiger partial charge in [-0.15, -0.1) is 5.10 Å². The van der Waals surface area contributed by atoms with E-state index in [2.05, 4.69) is 20.6 Å². The van der Waals surface area contributed by atoms with E-state index >= 15 is 0 Å². The lowest BCUT2D eigenvalue weighted by Gasteiger charge is -2.23. The SMILES string of the molecule is Fc1ccc(-c2cnnn2C2CCNCC2)cn1. The van der Waals surface area contributed by atoms with Crippen LogP contribution in [0.25, 0.3) is 11.3 Å². The second-order valence-corrected chi connectivity index (χ2v) is 4.41. The molecule has 2 aromatic heterocycles. The fraction of sp³-hybridized carbons (Fsp3) is 0.417. The molecule has 0 amide bonds. The van der Waals surface area contributed by atoms with Crippen LogP contribution in [0.15, 0.2) is 24.5 Å². The Labute approximate surface area is 104 Å². The Morgan fingerprint density at radius 3 is 2.78 bits per heavy atom. The molecule has 1 fully saturated rings.